The van der Waals surface area contributed by atoms with Crippen molar-refractivity contribution in [1.82, 2.24) is 0 Å². The summed E-state index contributed by atoms with van der Waals surface area (Å²) in [6, 6.07) is 7.74. The number of nitrogens with zero attached hydrogens (tertiary/aromatic N) is 4. The van der Waals surface area contributed by atoms with Gasteiger partial charge in [0.05, 0.1) is 4.92 Å². The Bertz CT molecular complexity index is 599. The van der Waals surface area contributed by atoms with Gasteiger partial charge >= 0.3 is 0 Å². The summed E-state index contributed by atoms with van der Waals surface area (Å²) in [7, 11) is 0. The highest BCUT2D eigenvalue weighted by molar-refractivity contribution is 7.99. The van der Waals surface area contributed by atoms with E-state index in [0.29, 0.717) is 0 Å². The lowest BCUT2D eigenvalue weighted by atomic mass is 10.3. The van der Waals surface area contributed by atoms with Crippen molar-refractivity contribution in [2.75, 3.05) is 11.2 Å². The zero-order valence-electron chi connectivity index (χ0n) is 10.7. The lowest BCUT2D eigenvalue weighted by molar-refractivity contribution is -0.384. The van der Waals surface area contributed by atoms with Gasteiger partial charge in [-0.2, -0.15) is 15.6 Å². The summed E-state index contributed by atoms with van der Waals surface area (Å²) in [6.07, 6.45) is 0.982. The molecule has 1 rings (SSSR count). The summed E-state index contributed by atoms with van der Waals surface area (Å²) in [5, 5.41) is 31.6. The highest BCUT2D eigenvalue weighted by atomic mass is 32.2. The fourth-order valence-electron chi connectivity index (χ4n) is 1.26. The van der Waals surface area contributed by atoms with E-state index in [2.05, 4.69) is 10.5 Å². The molecule has 0 aromatic heterocycles. The molecule has 1 N–H and O–H groups in total. The molecule has 0 atom stereocenters. The first kappa shape index (κ1) is 15.5. The van der Waals surface area contributed by atoms with Gasteiger partial charge in [0.15, 0.2) is 0 Å². The van der Waals surface area contributed by atoms with Gasteiger partial charge < -0.3 is 0 Å². The summed E-state index contributed by atoms with van der Waals surface area (Å²) >= 11 is 1.56. The SMILES string of the molecule is CCCSc1ccc([N+](=O)[O-])c(NN=C(C#N)C#N)c1. The molecular formula is C12H11N5O2S. The van der Waals surface area contributed by atoms with Gasteiger partial charge in [0, 0.05) is 11.0 Å². The van der Waals surface area contributed by atoms with Crippen LogP contribution in [-0.4, -0.2) is 16.4 Å². The molecule has 0 bridgehead atoms. The maximum Gasteiger partial charge on any atom is 0.294 e. The third-order valence-corrected chi connectivity index (χ3v) is 3.34. The molecule has 0 radical (unpaired) electrons. The zero-order valence-corrected chi connectivity index (χ0v) is 11.5. The lowest BCUT2D eigenvalue weighted by Crippen LogP contribution is -2.00. The van der Waals surface area contributed by atoms with Crippen LogP contribution in [0.3, 0.4) is 0 Å². The zero-order chi connectivity index (χ0) is 15.0. The number of rotatable bonds is 6. The first-order valence-corrected chi connectivity index (χ1v) is 6.66. The van der Waals surface area contributed by atoms with Crippen molar-refractivity contribution in [3.8, 4) is 12.1 Å². The molecule has 1 aromatic carbocycles. The molecule has 1 aromatic rings. The van der Waals surface area contributed by atoms with Crippen molar-refractivity contribution in [2.24, 2.45) is 5.10 Å². The van der Waals surface area contributed by atoms with E-state index in [1.165, 1.54) is 6.07 Å². The minimum absolute atomic E-state index is 0.152. The molecule has 0 fully saturated rings. The van der Waals surface area contributed by atoms with Gasteiger partial charge in [-0.3, -0.25) is 15.5 Å². The quantitative estimate of drug-likeness (QED) is 0.372. The van der Waals surface area contributed by atoms with Crippen molar-refractivity contribution in [3.63, 3.8) is 0 Å². The second kappa shape index (κ2) is 7.77. The lowest BCUT2D eigenvalue weighted by Gasteiger charge is -2.05. The Morgan fingerprint density at radius 3 is 2.75 bits per heavy atom. The number of nitro groups is 1. The van der Waals surface area contributed by atoms with Gasteiger partial charge in [-0.25, -0.2) is 0 Å². The Balaban J connectivity index is 3.07. The normalized spacial score (nSPS) is 9.15. The van der Waals surface area contributed by atoms with Crippen LogP contribution in [0.1, 0.15) is 13.3 Å². The van der Waals surface area contributed by atoms with Crippen LogP contribution in [0.15, 0.2) is 28.2 Å². The Kier molecular flexibility index (Phi) is 6.01. The summed E-state index contributed by atoms with van der Waals surface area (Å²) in [4.78, 5) is 11.2. The van der Waals surface area contributed by atoms with E-state index < -0.39 is 10.6 Å². The molecule has 0 aliphatic rings. The van der Waals surface area contributed by atoms with Crippen molar-refractivity contribution >= 4 is 28.8 Å². The number of nitrogens with one attached hydrogen (secondary N) is 1. The Labute approximate surface area is 120 Å². The molecule has 0 saturated carbocycles. The number of nitro benzene ring substituents is 1. The third kappa shape index (κ3) is 4.26. The van der Waals surface area contributed by atoms with Gasteiger partial charge in [0.2, 0.25) is 5.71 Å². The fourth-order valence-corrected chi connectivity index (χ4v) is 2.07. The number of thioether (sulfide) groups is 1. The average molecular weight is 289 g/mol. The Morgan fingerprint density at radius 2 is 2.20 bits per heavy atom. The van der Waals surface area contributed by atoms with Gasteiger partial charge in [0.1, 0.15) is 17.8 Å². The maximum atomic E-state index is 10.9. The van der Waals surface area contributed by atoms with E-state index in [-0.39, 0.29) is 11.4 Å². The van der Waals surface area contributed by atoms with Crippen molar-refractivity contribution in [2.45, 2.75) is 18.2 Å². The van der Waals surface area contributed by atoms with E-state index in [1.807, 2.05) is 6.92 Å². The molecule has 0 heterocycles. The fraction of sp³-hybridized carbons (Fsp3) is 0.250. The first-order valence-electron chi connectivity index (χ1n) is 5.67. The number of benzene rings is 1. The number of nitriles is 2. The molecule has 0 spiro atoms. The maximum absolute atomic E-state index is 10.9. The molecule has 0 unspecified atom stereocenters. The summed E-state index contributed by atoms with van der Waals surface area (Å²) < 4.78 is 0. The Hall–Kier alpha value is -2.58. The summed E-state index contributed by atoms with van der Waals surface area (Å²) in [6.45, 7) is 2.04. The van der Waals surface area contributed by atoms with E-state index in [4.69, 9.17) is 10.5 Å². The van der Waals surface area contributed by atoms with Gasteiger partial charge in [0.25, 0.3) is 5.69 Å². The predicted molar refractivity (Wildman–Crippen MR) is 76.4 cm³/mol. The Morgan fingerprint density at radius 1 is 1.50 bits per heavy atom. The molecule has 7 nitrogen and oxygen atoms in total. The smallest absolute Gasteiger partial charge is 0.270 e. The minimum atomic E-state index is -0.551. The van der Waals surface area contributed by atoms with Crippen LogP contribution >= 0.6 is 11.8 Å². The van der Waals surface area contributed by atoms with Crippen LogP contribution in [0.4, 0.5) is 11.4 Å². The molecule has 0 aliphatic carbocycles. The highest BCUT2D eigenvalue weighted by Crippen LogP contribution is 2.30. The van der Waals surface area contributed by atoms with Gasteiger partial charge in [-0.15, -0.1) is 11.8 Å². The highest BCUT2D eigenvalue weighted by Gasteiger charge is 2.14. The second-order valence-corrected chi connectivity index (χ2v) is 4.75. The molecule has 0 aliphatic heterocycles. The molecule has 0 amide bonds. The molecule has 8 heteroatoms. The van der Waals surface area contributed by atoms with Crippen LogP contribution in [0.25, 0.3) is 0 Å². The topological polar surface area (TPSA) is 115 Å². The average Bonchev–Trinajstić information content (AvgIpc) is 2.46. The first-order chi connectivity index (χ1) is 9.62. The number of anilines is 1. The second-order valence-electron chi connectivity index (χ2n) is 3.58. The third-order valence-electron chi connectivity index (χ3n) is 2.14. The van der Waals surface area contributed by atoms with Crippen LogP contribution in [0, 0.1) is 32.8 Å². The number of hydrogen-bond donors (Lipinski definition) is 1. The molecule has 20 heavy (non-hydrogen) atoms. The van der Waals surface area contributed by atoms with Crippen LogP contribution in [0.2, 0.25) is 0 Å². The molecular weight excluding hydrogens is 278 g/mol. The number of hydrazone groups is 1. The van der Waals surface area contributed by atoms with Gasteiger partial charge in [-0.05, 0) is 24.3 Å². The van der Waals surface area contributed by atoms with Crippen molar-refractivity contribution in [3.05, 3.63) is 28.3 Å². The minimum Gasteiger partial charge on any atom is -0.270 e. The number of hydrogen-bond acceptors (Lipinski definition) is 7. The van der Waals surface area contributed by atoms with Crippen LogP contribution < -0.4 is 5.43 Å². The van der Waals surface area contributed by atoms with E-state index >= 15 is 0 Å². The van der Waals surface area contributed by atoms with Crippen LogP contribution in [0.5, 0.6) is 0 Å². The van der Waals surface area contributed by atoms with E-state index in [1.54, 1.807) is 36.0 Å². The van der Waals surface area contributed by atoms with E-state index in [9.17, 15) is 10.1 Å². The monoisotopic (exact) mass is 289 g/mol. The van der Waals surface area contributed by atoms with Crippen LogP contribution in [-0.2, 0) is 0 Å². The van der Waals surface area contributed by atoms with Crippen molar-refractivity contribution < 1.29 is 4.92 Å². The largest absolute Gasteiger partial charge is 0.294 e. The standard InChI is InChI=1S/C12H11N5O2S/c1-2-5-20-10-3-4-12(17(18)19)11(6-10)16-15-9(7-13)8-14/h3-4,6,16H,2,5H2,1H3. The molecule has 0 saturated heterocycles. The summed E-state index contributed by atoms with van der Waals surface area (Å²) in [5.41, 5.74) is 1.99. The summed E-state index contributed by atoms with van der Waals surface area (Å²) in [5.74, 6) is 0.891. The van der Waals surface area contributed by atoms with Gasteiger partial charge in [-0.1, -0.05) is 6.92 Å². The molecule has 102 valence electrons. The van der Waals surface area contributed by atoms with E-state index in [0.717, 1.165) is 17.1 Å². The predicted octanol–water partition coefficient (Wildman–Crippen LogP) is 2.91. The van der Waals surface area contributed by atoms with Crippen molar-refractivity contribution in [1.29, 1.82) is 10.5 Å².